The molecule has 1 rings (SSSR count). The topological polar surface area (TPSA) is 29.3 Å². The first-order valence-corrected chi connectivity index (χ1v) is 6.91. The monoisotopic (exact) mass is 306 g/mol. The van der Waals surface area contributed by atoms with E-state index < -0.39 is 17.6 Å². The summed E-state index contributed by atoms with van der Waals surface area (Å²) in [5.74, 6) is -0.550. The number of rotatable bonds is 6. The molecule has 0 radical (unpaired) electrons. The van der Waals surface area contributed by atoms with Crippen LogP contribution in [-0.4, -0.2) is 24.5 Å². The second-order valence-electron chi connectivity index (χ2n) is 5.73. The molecule has 1 atom stereocenters. The first-order chi connectivity index (χ1) is 9.61. The molecular weight excluding hydrogens is 284 g/mol. The molecule has 120 valence electrons. The highest BCUT2D eigenvalue weighted by molar-refractivity contribution is 5.30. The largest absolute Gasteiger partial charge is 0.416 e. The zero-order valence-corrected chi connectivity index (χ0v) is 12.5. The Bertz CT molecular complexity index is 457. The van der Waals surface area contributed by atoms with E-state index in [9.17, 15) is 17.6 Å². The first-order valence-electron chi connectivity index (χ1n) is 6.91. The molecule has 0 heterocycles. The molecular formula is C15H22F4N2. The molecule has 2 nitrogen and oxygen atoms in total. The molecule has 1 aromatic carbocycles. The van der Waals surface area contributed by atoms with Crippen molar-refractivity contribution in [1.29, 1.82) is 0 Å². The number of hydrogen-bond donors (Lipinski definition) is 1. The van der Waals surface area contributed by atoms with Crippen LogP contribution in [0.4, 0.5) is 17.6 Å². The average molecular weight is 306 g/mol. The van der Waals surface area contributed by atoms with Gasteiger partial charge in [-0.1, -0.05) is 19.9 Å². The summed E-state index contributed by atoms with van der Waals surface area (Å²) in [7, 11) is 1.73. The summed E-state index contributed by atoms with van der Waals surface area (Å²) < 4.78 is 51.7. The van der Waals surface area contributed by atoms with Crippen molar-refractivity contribution in [2.24, 2.45) is 11.7 Å². The predicted molar refractivity (Wildman–Crippen MR) is 75.2 cm³/mol. The SMILES string of the molecule is CC(C)C(N)CCN(C)Cc1ccc(F)cc1C(F)(F)F. The molecule has 0 spiro atoms. The van der Waals surface area contributed by atoms with Crippen molar-refractivity contribution in [3.63, 3.8) is 0 Å². The number of alkyl halides is 3. The molecule has 21 heavy (non-hydrogen) atoms. The van der Waals surface area contributed by atoms with Crippen LogP contribution in [-0.2, 0) is 12.7 Å². The van der Waals surface area contributed by atoms with Crippen LogP contribution in [0, 0.1) is 11.7 Å². The number of nitrogens with two attached hydrogens (primary N) is 1. The molecule has 0 aliphatic rings. The Morgan fingerprint density at radius 1 is 1.24 bits per heavy atom. The normalized spacial score (nSPS) is 14.0. The average Bonchev–Trinajstić information content (AvgIpc) is 2.36. The van der Waals surface area contributed by atoms with E-state index >= 15 is 0 Å². The smallest absolute Gasteiger partial charge is 0.327 e. The third-order valence-electron chi connectivity index (χ3n) is 3.52. The molecule has 0 aliphatic carbocycles. The summed E-state index contributed by atoms with van der Waals surface area (Å²) in [4.78, 5) is 1.77. The molecule has 0 aromatic heterocycles. The van der Waals surface area contributed by atoms with Crippen LogP contribution in [0.2, 0.25) is 0 Å². The summed E-state index contributed by atoms with van der Waals surface area (Å²) in [6, 6.07) is 2.81. The van der Waals surface area contributed by atoms with Crippen LogP contribution in [0.15, 0.2) is 18.2 Å². The molecule has 0 saturated heterocycles. The van der Waals surface area contributed by atoms with E-state index in [0.29, 0.717) is 24.9 Å². The second kappa shape index (κ2) is 7.22. The molecule has 0 aliphatic heterocycles. The zero-order valence-electron chi connectivity index (χ0n) is 12.5. The lowest BCUT2D eigenvalue weighted by atomic mass is 10.0. The van der Waals surface area contributed by atoms with Gasteiger partial charge in [0.05, 0.1) is 5.56 Å². The van der Waals surface area contributed by atoms with Gasteiger partial charge >= 0.3 is 6.18 Å². The van der Waals surface area contributed by atoms with Gasteiger partial charge in [-0.2, -0.15) is 13.2 Å². The molecule has 0 amide bonds. The van der Waals surface area contributed by atoms with Gasteiger partial charge in [0.15, 0.2) is 0 Å². The maximum absolute atomic E-state index is 13.0. The Kier molecular flexibility index (Phi) is 6.16. The zero-order chi connectivity index (χ0) is 16.2. The van der Waals surface area contributed by atoms with Gasteiger partial charge in [0.2, 0.25) is 0 Å². The maximum atomic E-state index is 13.0. The van der Waals surface area contributed by atoms with Gasteiger partial charge in [-0.05, 0) is 43.6 Å². The molecule has 1 unspecified atom stereocenters. The molecule has 6 heteroatoms. The van der Waals surface area contributed by atoms with Crippen molar-refractivity contribution in [1.82, 2.24) is 4.90 Å². The highest BCUT2D eigenvalue weighted by Gasteiger charge is 2.33. The van der Waals surface area contributed by atoms with Gasteiger partial charge in [0.25, 0.3) is 0 Å². The number of halogens is 4. The fourth-order valence-corrected chi connectivity index (χ4v) is 2.02. The van der Waals surface area contributed by atoms with Gasteiger partial charge in [0, 0.05) is 12.6 Å². The Balaban J connectivity index is 2.74. The highest BCUT2D eigenvalue weighted by atomic mass is 19.4. The third-order valence-corrected chi connectivity index (χ3v) is 3.52. The van der Waals surface area contributed by atoms with E-state index in [1.54, 1.807) is 11.9 Å². The van der Waals surface area contributed by atoms with Crippen LogP contribution in [0.3, 0.4) is 0 Å². The van der Waals surface area contributed by atoms with Gasteiger partial charge in [-0.15, -0.1) is 0 Å². The van der Waals surface area contributed by atoms with E-state index in [-0.39, 0.29) is 18.2 Å². The lowest BCUT2D eigenvalue weighted by Crippen LogP contribution is -2.32. The summed E-state index contributed by atoms with van der Waals surface area (Å²) in [5, 5.41) is 0. The quantitative estimate of drug-likeness (QED) is 0.813. The first kappa shape index (κ1) is 17.9. The Hall–Kier alpha value is -1.14. The summed E-state index contributed by atoms with van der Waals surface area (Å²) in [6.45, 7) is 4.72. The Labute approximate surface area is 122 Å². The van der Waals surface area contributed by atoms with E-state index in [2.05, 4.69) is 0 Å². The van der Waals surface area contributed by atoms with Crippen LogP contribution < -0.4 is 5.73 Å². The second-order valence-corrected chi connectivity index (χ2v) is 5.73. The van der Waals surface area contributed by atoms with E-state index in [0.717, 1.165) is 6.07 Å². The summed E-state index contributed by atoms with van der Waals surface area (Å²) in [5.41, 5.74) is 5.08. The van der Waals surface area contributed by atoms with Gasteiger partial charge in [0.1, 0.15) is 5.82 Å². The highest BCUT2D eigenvalue weighted by Crippen LogP contribution is 2.33. The van der Waals surface area contributed by atoms with Crippen molar-refractivity contribution in [2.45, 2.75) is 39.0 Å². The molecule has 1 aromatic rings. The van der Waals surface area contributed by atoms with E-state index in [1.807, 2.05) is 13.8 Å². The molecule has 0 saturated carbocycles. The van der Waals surface area contributed by atoms with E-state index in [1.165, 1.54) is 6.07 Å². The molecule has 0 bridgehead atoms. The van der Waals surface area contributed by atoms with Crippen LogP contribution in [0.25, 0.3) is 0 Å². The summed E-state index contributed by atoms with van der Waals surface area (Å²) in [6.07, 6.45) is -3.84. The van der Waals surface area contributed by atoms with Gasteiger partial charge in [-0.3, -0.25) is 0 Å². The summed E-state index contributed by atoms with van der Waals surface area (Å²) >= 11 is 0. The lowest BCUT2D eigenvalue weighted by molar-refractivity contribution is -0.138. The number of benzene rings is 1. The Morgan fingerprint density at radius 3 is 2.38 bits per heavy atom. The van der Waals surface area contributed by atoms with Crippen LogP contribution in [0.5, 0.6) is 0 Å². The predicted octanol–water partition coefficient (Wildman–Crippen LogP) is 3.65. The van der Waals surface area contributed by atoms with Crippen molar-refractivity contribution in [3.8, 4) is 0 Å². The minimum atomic E-state index is -4.55. The lowest BCUT2D eigenvalue weighted by Gasteiger charge is -2.23. The van der Waals surface area contributed by atoms with Crippen molar-refractivity contribution >= 4 is 0 Å². The number of hydrogen-bond acceptors (Lipinski definition) is 2. The van der Waals surface area contributed by atoms with Crippen LogP contribution in [0.1, 0.15) is 31.4 Å². The number of nitrogens with zero attached hydrogens (tertiary/aromatic N) is 1. The van der Waals surface area contributed by atoms with Crippen molar-refractivity contribution < 1.29 is 17.6 Å². The van der Waals surface area contributed by atoms with E-state index in [4.69, 9.17) is 5.73 Å². The van der Waals surface area contributed by atoms with Crippen LogP contribution >= 0.6 is 0 Å². The van der Waals surface area contributed by atoms with Gasteiger partial charge < -0.3 is 10.6 Å². The fourth-order valence-electron chi connectivity index (χ4n) is 2.02. The minimum absolute atomic E-state index is 0.0164. The third kappa shape index (κ3) is 5.63. The van der Waals surface area contributed by atoms with Gasteiger partial charge in [-0.25, -0.2) is 4.39 Å². The molecule has 0 fully saturated rings. The minimum Gasteiger partial charge on any atom is -0.327 e. The fraction of sp³-hybridized carbons (Fsp3) is 0.600. The maximum Gasteiger partial charge on any atom is 0.416 e. The molecule has 2 N–H and O–H groups in total. The standard InChI is InChI=1S/C15H22F4N2/c1-10(2)14(20)6-7-21(3)9-11-4-5-12(16)8-13(11)15(17,18)19/h4-5,8,10,14H,6-7,9,20H2,1-3H3. The van der Waals surface area contributed by atoms with Crippen molar-refractivity contribution in [3.05, 3.63) is 35.1 Å². The van der Waals surface area contributed by atoms with Crippen molar-refractivity contribution in [2.75, 3.05) is 13.6 Å². The Morgan fingerprint density at radius 2 is 1.86 bits per heavy atom.